The van der Waals surface area contributed by atoms with Gasteiger partial charge in [0.15, 0.2) is 0 Å². The van der Waals surface area contributed by atoms with Crippen molar-refractivity contribution in [2.75, 3.05) is 6.54 Å². The van der Waals surface area contributed by atoms with Gasteiger partial charge < -0.3 is 11.1 Å². The Balaban J connectivity index is 3.81. The largest absolute Gasteiger partial charge is 0.402 e. The summed E-state index contributed by atoms with van der Waals surface area (Å²) in [6.07, 6.45) is 2.10. The fourth-order valence-electron chi connectivity index (χ4n) is 0.690. The molecule has 0 heterocycles. The van der Waals surface area contributed by atoms with Crippen LogP contribution in [-0.4, -0.2) is 12.5 Å². The molecule has 0 rings (SSSR count). The van der Waals surface area contributed by atoms with E-state index in [1.807, 2.05) is 0 Å². The van der Waals surface area contributed by atoms with Crippen LogP contribution in [0.15, 0.2) is 11.3 Å². The Hall–Kier alpha value is -0.990. The topological polar surface area (TPSA) is 55.1 Å². The van der Waals surface area contributed by atoms with Crippen molar-refractivity contribution < 1.29 is 4.79 Å². The minimum absolute atomic E-state index is 0.0524. The third-order valence-corrected chi connectivity index (χ3v) is 1.75. The zero-order valence-electron chi connectivity index (χ0n) is 8.11. The predicted molar refractivity (Wildman–Crippen MR) is 50.5 cm³/mol. The maximum absolute atomic E-state index is 11.2. The quantitative estimate of drug-likeness (QED) is 0.491. The number of nitrogens with two attached hydrogens (primary N) is 1. The monoisotopic (exact) mass is 170 g/mol. The average Bonchev–Trinajstić information content (AvgIpc) is 2.03. The van der Waals surface area contributed by atoms with Crippen molar-refractivity contribution in [2.24, 2.45) is 5.73 Å². The molecule has 0 aromatic rings. The second-order valence-electron chi connectivity index (χ2n) is 2.92. The molecule has 0 spiro atoms. The molecule has 3 heteroatoms. The van der Waals surface area contributed by atoms with E-state index in [0.29, 0.717) is 11.3 Å². The summed E-state index contributed by atoms with van der Waals surface area (Å²) in [4.78, 5) is 11.2. The Morgan fingerprint density at radius 3 is 2.42 bits per heavy atom. The van der Waals surface area contributed by atoms with Crippen molar-refractivity contribution in [3.63, 3.8) is 0 Å². The van der Waals surface area contributed by atoms with Gasteiger partial charge >= 0.3 is 0 Å². The normalized spacial score (nSPS) is 12.2. The minimum Gasteiger partial charge on any atom is -0.402 e. The summed E-state index contributed by atoms with van der Waals surface area (Å²) in [5.74, 6) is -0.0524. The molecule has 0 saturated carbocycles. The van der Waals surface area contributed by atoms with E-state index in [2.05, 4.69) is 12.2 Å². The molecule has 0 saturated heterocycles. The van der Waals surface area contributed by atoms with Gasteiger partial charge in [0.1, 0.15) is 0 Å². The molecule has 12 heavy (non-hydrogen) atoms. The Morgan fingerprint density at radius 2 is 2.00 bits per heavy atom. The highest BCUT2D eigenvalue weighted by atomic mass is 16.1. The molecule has 0 bridgehead atoms. The summed E-state index contributed by atoms with van der Waals surface area (Å²) in [5.41, 5.74) is 6.66. The van der Waals surface area contributed by atoms with E-state index in [0.717, 1.165) is 19.4 Å². The third-order valence-electron chi connectivity index (χ3n) is 1.75. The zero-order chi connectivity index (χ0) is 9.56. The number of carbonyl (C=O) groups excluding carboxylic acids is 1. The van der Waals surface area contributed by atoms with Gasteiger partial charge in [-0.05, 0) is 20.3 Å². The second kappa shape index (κ2) is 5.63. The van der Waals surface area contributed by atoms with Gasteiger partial charge in [0, 0.05) is 17.8 Å². The number of amides is 1. The van der Waals surface area contributed by atoms with Gasteiger partial charge in [-0.2, -0.15) is 0 Å². The van der Waals surface area contributed by atoms with Gasteiger partial charge in [0.2, 0.25) is 5.91 Å². The molecule has 0 aliphatic carbocycles. The summed E-state index contributed by atoms with van der Waals surface area (Å²) in [7, 11) is 0. The van der Waals surface area contributed by atoms with Crippen molar-refractivity contribution in [2.45, 2.75) is 33.6 Å². The molecule has 0 radical (unpaired) electrons. The lowest BCUT2D eigenvalue weighted by atomic mass is 10.2. The Morgan fingerprint density at radius 1 is 1.42 bits per heavy atom. The lowest BCUT2D eigenvalue weighted by Gasteiger charge is -2.05. The van der Waals surface area contributed by atoms with E-state index in [-0.39, 0.29) is 5.91 Å². The number of allylic oxidation sites excluding steroid dienone is 1. The van der Waals surface area contributed by atoms with Crippen molar-refractivity contribution in [1.82, 2.24) is 5.32 Å². The fourth-order valence-corrected chi connectivity index (χ4v) is 0.690. The first-order valence-electron chi connectivity index (χ1n) is 4.30. The lowest BCUT2D eigenvalue weighted by molar-refractivity contribution is -0.117. The molecule has 0 unspecified atom stereocenters. The van der Waals surface area contributed by atoms with Crippen LogP contribution in [0.5, 0.6) is 0 Å². The highest BCUT2D eigenvalue weighted by molar-refractivity contribution is 5.93. The van der Waals surface area contributed by atoms with Crippen LogP contribution < -0.4 is 11.1 Å². The molecule has 3 N–H and O–H groups in total. The van der Waals surface area contributed by atoms with Gasteiger partial charge in [0.25, 0.3) is 0 Å². The van der Waals surface area contributed by atoms with Crippen molar-refractivity contribution >= 4 is 5.91 Å². The highest BCUT2D eigenvalue weighted by Crippen LogP contribution is 1.96. The molecule has 0 atom stereocenters. The van der Waals surface area contributed by atoms with E-state index >= 15 is 0 Å². The number of nitrogens with one attached hydrogen (secondary N) is 1. The minimum atomic E-state index is -0.0524. The third kappa shape index (κ3) is 4.01. The van der Waals surface area contributed by atoms with E-state index < -0.39 is 0 Å². The number of hydrogen-bond acceptors (Lipinski definition) is 2. The summed E-state index contributed by atoms with van der Waals surface area (Å²) in [5, 5.41) is 2.79. The molecule has 0 aromatic heterocycles. The molecule has 70 valence electrons. The van der Waals surface area contributed by atoms with Crippen LogP contribution >= 0.6 is 0 Å². The van der Waals surface area contributed by atoms with Crippen LogP contribution in [0.1, 0.15) is 33.6 Å². The van der Waals surface area contributed by atoms with E-state index in [9.17, 15) is 4.79 Å². The smallest absolute Gasteiger partial charge is 0.248 e. The van der Waals surface area contributed by atoms with Crippen molar-refractivity contribution in [3.8, 4) is 0 Å². The van der Waals surface area contributed by atoms with Crippen LogP contribution in [0, 0.1) is 0 Å². The van der Waals surface area contributed by atoms with Gasteiger partial charge in [-0.1, -0.05) is 13.3 Å². The predicted octanol–water partition coefficient (Wildman–Crippen LogP) is 1.16. The molecular weight excluding hydrogens is 152 g/mol. The second-order valence-corrected chi connectivity index (χ2v) is 2.92. The number of carbonyl (C=O) groups is 1. The molecule has 0 fully saturated rings. The Labute approximate surface area is 74.0 Å². The van der Waals surface area contributed by atoms with Crippen LogP contribution in [-0.2, 0) is 4.79 Å². The highest BCUT2D eigenvalue weighted by Gasteiger charge is 2.03. The molecule has 3 nitrogen and oxygen atoms in total. The van der Waals surface area contributed by atoms with Gasteiger partial charge in [-0.15, -0.1) is 0 Å². The number of unbranched alkanes of at least 4 members (excludes halogenated alkanes) is 1. The SMILES string of the molecule is CCCCNC(=O)/C(C)=C(/C)N. The van der Waals surface area contributed by atoms with Gasteiger partial charge in [-0.25, -0.2) is 0 Å². The van der Waals surface area contributed by atoms with E-state index in [1.54, 1.807) is 13.8 Å². The molecule has 1 amide bonds. The molecular formula is C9H18N2O. The summed E-state index contributed by atoms with van der Waals surface area (Å²) in [6.45, 7) is 6.29. The van der Waals surface area contributed by atoms with E-state index in [4.69, 9.17) is 5.73 Å². The first-order chi connectivity index (χ1) is 5.59. The number of rotatable bonds is 4. The zero-order valence-corrected chi connectivity index (χ0v) is 8.11. The first-order valence-corrected chi connectivity index (χ1v) is 4.30. The molecule has 0 aromatic carbocycles. The van der Waals surface area contributed by atoms with Crippen molar-refractivity contribution in [1.29, 1.82) is 0 Å². The van der Waals surface area contributed by atoms with Crippen LogP contribution in [0.3, 0.4) is 0 Å². The van der Waals surface area contributed by atoms with Crippen LogP contribution in [0.25, 0.3) is 0 Å². The Bertz CT molecular complexity index is 181. The maximum Gasteiger partial charge on any atom is 0.248 e. The lowest BCUT2D eigenvalue weighted by Crippen LogP contribution is -2.26. The fraction of sp³-hybridized carbons (Fsp3) is 0.667. The van der Waals surface area contributed by atoms with Crippen LogP contribution in [0.4, 0.5) is 0 Å². The number of hydrogen-bond donors (Lipinski definition) is 2. The standard InChI is InChI=1S/C9H18N2O/c1-4-5-6-11-9(12)7(2)8(3)10/h4-6,10H2,1-3H3,(H,11,12)/b8-7-. The first kappa shape index (κ1) is 11.0. The van der Waals surface area contributed by atoms with E-state index in [1.165, 1.54) is 0 Å². The van der Waals surface area contributed by atoms with Crippen molar-refractivity contribution in [3.05, 3.63) is 11.3 Å². The Kier molecular flexibility index (Phi) is 5.17. The maximum atomic E-state index is 11.2. The van der Waals surface area contributed by atoms with Gasteiger partial charge in [0.05, 0.1) is 0 Å². The molecule has 0 aliphatic heterocycles. The summed E-state index contributed by atoms with van der Waals surface area (Å²) < 4.78 is 0. The summed E-state index contributed by atoms with van der Waals surface area (Å²) >= 11 is 0. The average molecular weight is 170 g/mol. The van der Waals surface area contributed by atoms with Crippen LogP contribution in [0.2, 0.25) is 0 Å². The summed E-state index contributed by atoms with van der Waals surface area (Å²) in [6, 6.07) is 0. The molecule has 0 aliphatic rings. The van der Waals surface area contributed by atoms with Gasteiger partial charge in [-0.3, -0.25) is 4.79 Å².